The SMILES string of the molecule is C=CCn1c(=O)c2cnc(Nc3ccc(N4CC5(CCN(C)C5)C4)c(C)c3)nc2n1-c1ccc(=O)n(C(C)C)n1. The van der Waals surface area contributed by atoms with Crippen molar-refractivity contribution < 1.29 is 0 Å². The summed E-state index contributed by atoms with van der Waals surface area (Å²) in [6.45, 7) is 14.5. The van der Waals surface area contributed by atoms with Crippen molar-refractivity contribution in [3.63, 3.8) is 0 Å². The highest BCUT2D eigenvalue weighted by Crippen LogP contribution is 2.42. The van der Waals surface area contributed by atoms with Gasteiger partial charge in [-0.05, 0) is 70.6 Å². The summed E-state index contributed by atoms with van der Waals surface area (Å²) in [5, 5.41) is 8.19. The summed E-state index contributed by atoms with van der Waals surface area (Å²) in [5.41, 5.74) is 3.66. The fraction of sp³-hybridized carbons (Fsp3) is 0.414. The van der Waals surface area contributed by atoms with Crippen molar-refractivity contribution in [1.29, 1.82) is 0 Å². The van der Waals surface area contributed by atoms with Gasteiger partial charge in [0.25, 0.3) is 11.1 Å². The van der Waals surface area contributed by atoms with Crippen LogP contribution in [-0.4, -0.2) is 67.2 Å². The summed E-state index contributed by atoms with van der Waals surface area (Å²) in [7, 11) is 2.21. The zero-order valence-electron chi connectivity index (χ0n) is 23.5. The lowest BCUT2D eigenvalue weighted by molar-refractivity contribution is 0.218. The van der Waals surface area contributed by atoms with Gasteiger partial charge in [0, 0.05) is 48.7 Å². The molecule has 0 radical (unpaired) electrons. The molecular weight excluding hydrogens is 506 g/mol. The molecule has 2 aliphatic heterocycles. The van der Waals surface area contributed by atoms with E-state index in [0.29, 0.717) is 28.2 Å². The van der Waals surface area contributed by atoms with Gasteiger partial charge in [0.05, 0.1) is 12.6 Å². The average Bonchev–Trinajstić information content (AvgIpc) is 3.42. The number of rotatable bonds is 7. The highest BCUT2D eigenvalue weighted by Gasteiger charge is 2.46. The second-order valence-electron chi connectivity index (χ2n) is 11.5. The standard InChI is InChI=1S/C29H35N9O2/c1-6-12-36-27(40)22-15-30-28(32-26(22)38(36)24-9-10-25(39)37(33-24)19(2)3)31-21-7-8-23(20(4)14-21)35-17-29(18-35)11-13-34(5)16-29/h6-10,14-15,19H,1,11-13,16-18H2,2-5H3,(H,30,31,32). The molecule has 2 saturated heterocycles. The number of hydrogen-bond donors (Lipinski definition) is 1. The van der Waals surface area contributed by atoms with Crippen molar-refractivity contribution in [2.24, 2.45) is 5.41 Å². The number of aromatic nitrogens is 6. The number of aryl methyl sites for hydroxylation is 1. The Hall–Kier alpha value is -4.25. The molecule has 208 valence electrons. The maximum atomic E-state index is 13.2. The van der Waals surface area contributed by atoms with E-state index in [-0.39, 0.29) is 23.7 Å². The first kappa shape index (κ1) is 26.0. The first-order chi connectivity index (χ1) is 19.2. The summed E-state index contributed by atoms with van der Waals surface area (Å²) in [4.78, 5) is 39.6. The van der Waals surface area contributed by atoms with Gasteiger partial charge < -0.3 is 15.1 Å². The van der Waals surface area contributed by atoms with Crippen LogP contribution in [-0.2, 0) is 6.54 Å². The molecular formula is C29H35N9O2. The Labute approximate surface area is 232 Å². The first-order valence-corrected chi connectivity index (χ1v) is 13.7. The van der Waals surface area contributed by atoms with Gasteiger partial charge in [-0.3, -0.25) is 9.59 Å². The topological polar surface area (TPSA) is 106 Å². The molecule has 0 saturated carbocycles. The number of fused-ring (bicyclic) bond motifs is 1. The number of hydrogen-bond acceptors (Lipinski definition) is 8. The summed E-state index contributed by atoms with van der Waals surface area (Å²) >= 11 is 0. The number of anilines is 3. The van der Waals surface area contributed by atoms with Crippen molar-refractivity contribution in [2.45, 2.75) is 39.8 Å². The van der Waals surface area contributed by atoms with E-state index in [1.54, 1.807) is 16.8 Å². The third-order valence-electron chi connectivity index (χ3n) is 7.97. The van der Waals surface area contributed by atoms with Crippen molar-refractivity contribution in [3.05, 3.63) is 75.5 Å². The lowest BCUT2D eigenvalue weighted by Gasteiger charge is -2.50. The molecule has 3 aromatic heterocycles. The third kappa shape index (κ3) is 4.40. The summed E-state index contributed by atoms with van der Waals surface area (Å²) in [6.07, 6.45) is 4.43. The van der Waals surface area contributed by atoms with Crippen LogP contribution in [0, 0.1) is 12.3 Å². The summed E-state index contributed by atoms with van der Waals surface area (Å²) in [6, 6.07) is 9.19. The average molecular weight is 542 g/mol. The van der Waals surface area contributed by atoms with Crippen LogP contribution in [0.25, 0.3) is 16.9 Å². The zero-order chi connectivity index (χ0) is 28.2. The molecule has 6 rings (SSSR count). The van der Waals surface area contributed by atoms with Gasteiger partial charge in [-0.15, -0.1) is 11.7 Å². The van der Waals surface area contributed by atoms with Gasteiger partial charge >= 0.3 is 0 Å². The van der Waals surface area contributed by atoms with E-state index in [1.165, 1.54) is 52.4 Å². The minimum Gasteiger partial charge on any atom is -0.370 e. The Balaban J connectivity index is 1.32. The zero-order valence-corrected chi connectivity index (χ0v) is 23.5. The Bertz CT molecular complexity index is 1730. The van der Waals surface area contributed by atoms with E-state index in [2.05, 4.69) is 57.9 Å². The second kappa shape index (κ2) is 9.74. The molecule has 0 atom stereocenters. The molecule has 2 fully saturated rings. The second-order valence-corrected chi connectivity index (χ2v) is 11.5. The lowest BCUT2D eigenvalue weighted by atomic mass is 9.78. The van der Waals surface area contributed by atoms with Crippen LogP contribution >= 0.6 is 0 Å². The quantitative estimate of drug-likeness (QED) is 0.356. The fourth-order valence-corrected chi connectivity index (χ4v) is 6.07. The molecule has 0 aliphatic carbocycles. The van der Waals surface area contributed by atoms with Gasteiger partial charge in [0.1, 0.15) is 5.39 Å². The van der Waals surface area contributed by atoms with Gasteiger partial charge in [-0.2, -0.15) is 4.98 Å². The van der Waals surface area contributed by atoms with E-state index in [9.17, 15) is 9.59 Å². The first-order valence-electron chi connectivity index (χ1n) is 13.7. The van der Waals surface area contributed by atoms with E-state index in [4.69, 9.17) is 4.98 Å². The van der Waals surface area contributed by atoms with E-state index in [0.717, 1.165) is 18.8 Å². The Morgan fingerprint density at radius 3 is 2.62 bits per heavy atom. The molecule has 11 heteroatoms. The monoisotopic (exact) mass is 541 g/mol. The van der Waals surface area contributed by atoms with Crippen molar-refractivity contribution in [2.75, 3.05) is 43.4 Å². The normalized spacial score (nSPS) is 16.7. The van der Waals surface area contributed by atoms with E-state index in [1.807, 2.05) is 19.9 Å². The number of allylic oxidation sites excluding steroid dienone is 1. The Kier molecular flexibility index (Phi) is 6.33. The van der Waals surface area contributed by atoms with Gasteiger partial charge in [-0.1, -0.05) is 6.08 Å². The molecule has 2 aliphatic rings. The maximum Gasteiger partial charge on any atom is 0.278 e. The van der Waals surface area contributed by atoms with Crippen LogP contribution in [0.5, 0.6) is 0 Å². The largest absolute Gasteiger partial charge is 0.370 e. The number of likely N-dealkylation sites (tertiary alicyclic amines) is 1. The molecule has 1 aromatic carbocycles. The number of nitrogens with one attached hydrogen (secondary N) is 1. The fourth-order valence-electron chi connectivity index (χ4n) is 6.07. The Morgan fingerprint density at radius 2 is 1.95 bits per heavy atom. The van der Waals surface area contributed by atoms with Crippen LogP contribution in [0.4, 0.5) is 17.3 Å². The van der Waals surface area contributed by atoms with Gasteiger partial charge in [-0.25, -0.2) is 19.0 Å². The van der Waals surface area contributed by atoms with Crippen LogP contribution in [0.1, 0.15) is 31.9 Å². The highest BCUT2D eigenvalue weighted by atomic mass is 16.1. The third-order valence-corrected chi connectivity index (χ3v) is 7.97. The van der Waals surface area contributed by atoms with Gasteiger partial charge in [0.15, 0.2) is 11.5 Å². The van der Waals surface area contributed by atoms with Crippen LogP contribution in [0.2, 0.25) is 0 Å². The van der Waals surface area contributed by atoms with E-state index >= 15 is 0 Å². The molecule has 0 bridgehead atoms. The minimum absolute atomic E-state index is 0.145. The molecule has 0 unspecified atom stereocenters. The maximum absolute atomic E-state index is 13.2. The minimum atomic E-state index is -0.258. The highest BCUT2D eigenvalue weighted by molar-refractivity contribution is 5.77. The van der Waals surface area contributed by atoms with Crippen molar-refractivity contribution >= 4 is 28.4 Å². The molecule has 4 aromatic rings. The van der Waals surface area contributed by atoms with E-state index < -0.39 is 0 Å². The molecule has 5 heterocycles. The smallest absolute Gasteiger partial charge is 0.278 e. The van der Waals surface area contributed by atoms with Crippen molar-refractivity contribution in [3.8, 4) is 5.82 Å². The number of benzene rings is 1. The van der Waals surface area contributed by atoms with Crippen LogP contribution < -0.4 is 21.3 Å². The van der Waals surface area contributed by atoms with Crippen LogP contribution in [0.3, 0.4) is 0 Å². The molecule has 0 amide bonds. The molecule has 1 spiro atoms. The van der Waals surface area contributed by atoms with Gasteiger partial charge in [0.2, 0.25) is 5.95 Å². The lowest BCUT2D eigenvalue weighted by Crippen LogP contribution is -2.57. The number of nitrogens with zero attached hydrogens (tertiary/aromatic N) is 8. The van der Waals surface area contributed by atoms with Crippen molar-refractivity contribution in [1.82, 2.24) is 34.0 Å². The summed E-state index contributed by atoms with van der Waals surface area (Å²) < 4.78 is 4.51. The molecule has 40 heavy (non-hydrogen) atoms. The summed E-state index contributed by atoms with van der Waals surface area (Å²) in [5.74, 6) is 0.770. The molecule has 1 N–H and O–H groups in total. The predicted molar refractivity (Wildman–Crippen MR) is 157 cm³/mol. The molecule has 11 nitrogen and oxygen atoms in total. The van der Waals surface area contributed by atoms with Crippen LogP contribution in [0.15, 0.2) is 58.8 Å². The predicted octanol–water partition coefficient (Wildman–Crippen LogP) is 3.10. The Morgan fingerprint density at radius 1 is 1.15 bits per heavy atom.